The number of allylic oxidation sites excluding steroid dienone is 2. The standard InChI is InChI=1S/C17H32N2O4S/c1-16(2,3)10-11-18-24(22,23)14-8-7-9-15(21)19(12-13-20)17(4,5)6/h7-9,14,18,20H,10-13H2,1-6H3/b9-7-,14-8+. The van der Waals surface area contributed by atoms with Crippen LogP contribution in [0, 0.1) is 5.41 Å². The summed E-state index contributed by atoms with van der Waals surface area (Å²) in [4.78, 5) is 13.6. The van der Waals surface area contributed by atoms with Gasteiger partial charge in [0.2, 0.25) is 15.9 Å². The first kappa shape index (κ1) is 22.8. The largest absolute Gasteiger partial charge is 0.395 e. The zero-order chi connectivity index (χ0) is 19.0. The molecule has 6 nitrogen and oxygen atoms in total. The summed E-state index contributed by atoms with van der Waals surface area (Å²) < 4.78 is 26.1. The second-order valence-electron chi connectivity index (χ2n) is 7.82. The van der Waals surface area contributed by atoms with Gasteiger partial charge in [0, 0.05) is 30.1 Å². The monoisotopic (exact) mass is 360 g/mol. The van der Waals surface area contributed by atoms with Crippen LogP contribution in [0.3, 0.4) is 0 Å². The minimum Gasteiger partial charge on any atom is -0.395 e. The molecule has 0 unspecified atom stereocenters. The Morgan fingerprint density at radius 2 is 1.71 bits per heavy atom. The summed E-state index contributed by atoms with van der Waals surface area (Å²) in [6.07, 6.45) is 4.73. The third kappa shape index (κ3) is 10.6. The fourth-order valence-corrected chi connectivity index (χ4v) is 2.65. The highest BCUT2D eigenvalue weighted by Crippen LogP contribution is 2.17. The van der Waals surface area contributed by atoms with Gasteiger partial charge in [-0.05, 0) is 38.7 Å². The lowest BCUT2D eigenvalue weighted by molar-refractivity contribution is -0.131. The molecular formula is C17H32N2O4S. The lowest BCUT2D eigenvalue weighted by atomic mass is 9.93. The molecule has 0 aliphatic carbocycles. The Morgan fingerprint density at radius 1 is 1.12 bits per heavy atom. The van der Waals surface area contributed by atoms with E-state index in [1.165, 1.54) is 23.1 Å². The lowest BCUT2D eigenvalue weighted by Gasteiger charge is -2.34. The van der Waals surface area contributed by atoms with Crippen LogP contribution in [0.5, 0.6) is 0 Å². The Hall–Kier alpha value is -1.18. The third-order valence-corrected chi connectivity index (χ3v) is 4.31. The van der Waals surface area contributed by atoms with Crippen molar-refractivity contribution in [2.24, 2.45) is 5.41 Å². The van der Waals surface area contributed by atoms with Crippen molar-refractivity contribution in [2.75, 3.05) is 19.7 Å². The van der Waals surface area contributed by atoms with Gasteiger partial charge in [0.1, 0.15) is 0 Å². The van der Waals surface area contributed by atoms with Gasteiger partial charge in [-0.3, -0.25) is 4.79 Å². The fourth-order valence-electron chi connectivity index (χ4n) is 1.87. The van der Waals surface area contributed by atoms with E-state index in [2.05, 4.69) is 4.72 Å². The predicted octanol–water partition coefficient (Wildman–Crippen LogP) is 2.03. The van der Waals surface area contributed by atoms with E-state index in [0.717, 1.165) is 11.8 Å². The normalized spacial score (nSPS) is 13.8. The van der Waals surface area contributed by atoms with Gasteiger partial charge >= 0.3 is 0 Å². The molecule has 0 aromatic carbocycles. The molecule has 0 saturated carbocycles. The predicted molar refractivity (Wildman–Crippen MR) is 97.8 cm³/mol. The van der Waals surface area contributed by atoms with Crippen LogP contribution in [0.2, 0.25) is 0 Å². The number of carbonyl (C=O) groups is 1. The van der Waals surface area contributed by atoms with Crippen molar-refractivity contribution in [2.45, 2.75) is 53.5 Å². The zero-order valence-electron chi connectivity index (χ0n) is 15.7. The quantitative estimate of drug-likeness (QED) is 0.512. The molecule has 0 aliphatic rings. The van der Waals surface area contributed by atoms with Crippen molar-refractivity contribution in [3.8, 4) is 0 Å². The summed E-state index contributed by atoms with van der Waals surface area (Å²) in [7, 11) is -3.51. The maximum atomic E-state index is 12.1. The Morgan fingerprint density at radius 3 is 2.17 bits per heavy atom. The molecule has 0 aromatic heterocycles. The van der Waals surface area contributed by atoms with E-state index in [1.54, 1.807) is 0 Å². The lowest BCUT2D eigenvalue weighted by Crippen LogP contribution is -2.46. The van der Waals surface area contributed by atoms with Crippen molar-refractivity contribution in [3.05, 3.63) is 23.6 Å². The molecule has 1 amide bonds. The van der Waals surface area contributed by atoms with Crippen LogP contribution in [-0.4, -0.2) is 49.6 Å². The molecule has 2 N–H and O–H groups in total. The molecule has 0 fully saturated rings. The Bertz CT molecular complexity index is 552. The molecule has 0 atom stereocenters. The van der Waals surface area contributed by atoms with Gasteiger partial charge in [-0.1, -0.05) is 26.8 Å². The molecule has 0 bridgehead atoms. The number of aliphatic hydroxyl groups is 1. The van der Waals surface area contributed by atoms with E-state index < -0.39 is 15.6 Å². The van der Waals surface area contributed by atoms with Gasteiger partial charge in [-0.25, -0.2) is 13.1 Å². The van der Waals surface area contributed by atoms with Crippen LogP contribution in [-0.2, 0) is 14.8 Å². The Kier molecular flexibility index (Phi) is 8.88. The van der Waals surface area contributed by atoms with E-state index >= 15 is 0 Å². The van der Waals surface area contributed by atoms with E-state index in [1.807, 2.05) is 41.5 Å². The second-order valence-corrected chi connectivity index (χ2v) is 9.47. The number of β-amino-alcohol motifs (C(OH)–C–C–N with tert-alkyl or cyclic N) is 1. The van der Waals surface area contributed by atoms with Crippen LogP contribution in [0.25, 0.3) is 0 Å². The highest BCUT2D eigenvalue weighted by Gasteiger charge is 2.23. The third-order valence-electron chi connectivity index (χ3n) is 3.19. The van der Waals surface area contributed by atoms with Crippen LogP contribution in [0.1, 0.15) is 48.0 Å². The van der Waals surface area contributed by atoms with Gasteiger partial charge in [-0.2, -0.15) is 0 Å². The van der Waals surface area contributed by atoms with Crippen molar-refractivity contribution < 1.29 is 18.3 Å². The zero-order valence-corrected chi connectivity index (χ0v) is 16.5. The highest BCUT2D eigenvalue weighted by molar-refractivity contribution is 7.92. The Labute approximate surface area is 146 Å². The summed E-state index contributed by atoms with van der Waals surface area (Å²) in [6.45, 7) is 12.2. The maximum absolute atomic E-state index is 12.1. The summed E-state index contributed by atoms with van der Waals surface area (Å²) in [6, 6.07) is 0. The molecule has 7 heteroatoms. The summed E-state index contributed by atoms with van der Waals surface area (Å²) >= 11 is 0. The smallest absolute Gasteiger partial charge is 0.247 e. The van der Waals surface area contributed by atoms with E-state index in [0.29, 0.717) is 6.54 Å². The topological polar surface area (TPSA) is 86.7 Å². The maximum Gasteiger partial charge on any atom is 0.247 e. The number of nitrogens with zero attached hydrogens (tertiary/aromatic N) is 1. The second kappa shape index (κ2) is 9.34. The minimum absolute atomic E-state index is 0.0572. The highest BCUT2D eigenvalue weighted by atomic mass is 32.2. The van der Waals surface area contributed by atoms with Gasteiger partial charge in [0.15, 0.2) is 0 Å². The average molecular weight is 361 g/mol. The summed E-state index contributed by atoms with van der Waals surface area (Å²) in [5.41, 5.74) is -0.365. The molecule has 0 aliphatic heterocycles. The number of rotatable bonds is 8. The number of hydrogen-bond donors (Lipinski definition) is 2. The number of hydrogen-bond acceptors (Lipinski definition) is 4. The van der Waals surface area contributed by atoms with E-state index in [4.69, 9.17) is 5.11 Å². The van der Waals surface area contributed by atoms with E-state index in [9.17, 15) is 13.2 Å². The van der Waals surface area contributed by atoms with Gasteiger partial charge in [-0.15, -0.1) is 0 Å². The molecule has 0 aromatic rings. The van der Waals surface area contributed by atoms with Crippen LogP contribution in [0.15, 0.2) is 23.6 Å². The van der Waals surface area contributed by atoms with Crippen molar-refractivity contribution in [1.29, 1.82) is 0 Å². The average Bonchev–Trinajstić information content (AvgIpc) is 2.37. The SMILES string of the molecule is CC(C)(C)CCNS(=O)(=O)/C=C/C=C\C(=O)N(CCO)C(C)(C)C. The number of amides is 1. The Balaban J connectivity index is 4.66. The van der Waals surface area contributed by atoms with Crippen molar-refractivity contribution >= 4 is 15.9 Å². The van der Waals surface area contributed by atoms with Gasteiger partial charge in [0.05, 0.1) is 6.61 Å². The molecular weight excluding hydrogens is 328 g/mol. The van der Waals surface area contributed by atoms with Crippen LogP contribution < -0.4 is 4.72 Å². The number of aliphatic hydroxyl groups excluding tert-OH is 1. The van der Waals surface area contributed by atoms with Gasteiger partial charge < -0.3 is 10.0 Å². The number of carbonyl (C=O) groups excluding carboxylic acids is 1. The molecule has 140 valence electrons. The molecule has 24 heavy (non-hydrogen) atoms. The van der Waals surface area contributed by atoms with Gasteiger partial charge in [0.25, 0.3) is 0 Å². The van der Waals surface area contributed by atoms with Crippen molar-refractivity contribution in [3.63, 3.8) is 0 Å². The van der Waals surface area contributed by atoms with Crippen LogP contribution in [0.4, 0.5) is 0 Å². The summed E-state index contributed by atoms with van der Waals surface area (Å²) in [5, 5.41) is 10.1. The summed E-state index contributed by atoms with van der Waals surface area (Å²) in [5.74, 6) is -0.278. The number of nitrogens with one attached hydrogen (secondary N) is 1. The first-order valence-electron chi connectivity index (χ1n) is 8.05. The minimum atomic E-state index is -3.51. The number of sulfonamides is 1. The fraction of sp³-hybridized carbons (Fsp3) is 0.706. The molecule has 0 heterocycles. The molecule has 0 spiro atoms. The molecule has 0 radical (unpaired) electrons. The molecule has 0 saturated heterocycles. The van der Waals surface area contributed by atoms with Crippen LogP contribution >= 0.6 is 0 Å². The molecule has 0 rings (SSSR count). The first-order valence-corrected chi connectivity index (χ1v) is 9.60. The van der Waals surface area contributed by atoms with Crippen molar-refractivity contribution in [1.82, 2.24) is 9.62 Å². The van der Waals surface area contributed by atoms with E-state index in [-0.39, 0.29) is 24.5 Å². The first-order chi connectivity index (χ1) is 10.8.